The molecule has 3 heteroatoms. The fraction of sp³-hybridized carbons (Fsp3) is 0.308. The fourth-order valence-electron chi connectivity index (χ4n) is 1.60. The first-order valence-corrected chi connectivity index (χ1v) is 5.45. The molecule has 0 unspecified atom stereocenters. The second-order valence-electron chi connectivity index (χ2n) is 3.91. The summed E-state index contributed by atoms with van der Waals surface area (Å²) in [6.07, 6.45) is 3.71. The third-order valence-electron chi connectivity index (χ3n) is 2.62. The Morgan fingerprint density at radius 1 is 1.00 bits per heavy atom. The van der Waals surface area contributed by atoms with E-state index in [-0.39, 0.29) is 0 Å². The van der Waals surface area contributed by atoms with E-state index < -0.39 is 0 Å². The summed E-state index contributed by atoms with van der Waals surface area (Å²) < 4.78 is 0. The largest absolute Gasteiger partial charge is 0.261 e. The van der Waals surface area contributed by atoms with Crippen LogP contribution < -0.4 is 0 Å². The van der Waals surface area contributed by atoms with Crippen LogP contribution in [0.1, 0.15) is 22.6 Å². The first kappa shape index (κ1) is 10.7. The Morgan fingerprint density at radius 3 is 2.56 bits per heavy atom. The Kier molecular flexibility index (Phi) is 3.25. The maximum atomic E-state index is 4.27. The number of aryl methyl sites for hydroxylation is 4. The highest BCUT2D eigenvalue weighted by molar-refractivity contribution is 5.19. The van der Waals surface area contributed by atoms with Gasteiger partial charge in [0.15, 0.2) is 0 Å². The van der Waals surface area contributed by atoms with E-state index >= 15 is 0 Å². The van der Waals surface area contributed by atoms with Crippen molar-refractivity contribution in [1.82, 2.24) is 15.2 Å². The average molecular weight is 213 g/mol. The quantitative estimate of drug-likeness (QED) is 0.785. The Balaban J connectivity index is 2.02. The van der Waals surface area contributed by atoms with Gasteiger partial charge in [-0.2, -0.15) is 10.2 Å². The summed E-state index contributed by atoms with van der Waals surface area (Å²) in [5, 5.41) is 8.20. The minimum Gasteiger partial charge on any atom is -0.261 e. The summed E-state index contributed by atoms with van der Waals surface area (Å²) in [6.45, 7) is 3.98. The van der Waals surface area contributed by atoms with Crippen molar-refractivity contribution >= 4 is 0 Å². The zero-order valence-corrected chi connectivity index (χ0v) is 9.64. The Hall–Kier alpha value is -1.77. The molecule has 2 heterocycles. The van der Waals surface area contributed by atoms with Gasteiger partial charge in [0.2, 0.25) is 0 Å². The molecule has 0 fully saturated rings. The lowest BCUT2D eigenvalue weighted by atomic mass is 10.1. The molecule has 0 radical (unpaired) electrons. The number of hydrogen-bond acceptors (Lipinski definition) is 3. The van der Waals surface area contributed by atoms with Gasteiger partial charge >= 0.3 is 0 Å². The average Bonchev–Trinajstić information content (AvgIpc) is 2.30. The number of hydrogen-bond donors (Lipinski definition) is 0. The first-order chi connectivity index (χ1) is 7.75. The molecule has 0 N–H and O–H groups in total. The molecule has 0 aliphatic heterocycles. The molecule has 0 bridgehead atoms. The van der Waals surface area contributed by atoms with Crippen LogP contribution in [0.15, 0.2) is 30.5 Å². The lowest BCUT2D eigenvalue weighted by Crippen LogP contribution is -1.99. The highest BCUT2D eigenvalue weighted by atomic mass is 15.1. The first-order valence-electron chi connectivity index (χ1n) is 5.45. The van der Waals surface area contributed by atoms with Crippen molar-refractivity contribution in [3.63, 3.8) is 0 Å². The summed E-state index contributed by atoms with van der Waals surface area (Å²) in [6, 6.07) is 8.12. The van der Waals surface area contributed by atoms with Crippen LogP contribution in [0.2, 0.25) is 0 Å². The minimum absolute atomic E-state index is 0.916. The van der Waals surface area contributed by atoms with Gasteiger partial charge in [0.05, 0.1) is 11.4 Å². The molecule has 0 aliphatic rings. The van der Waals surface area contributed by atoms with Gasteiger partial charge in [0.1, 0.15) is 0 Å². The predicted octanol–water partition coefficient (Wildman–Crippen LogP) is 2.27. The molecule has 16 heavy (non-hydrogen) atoms. The van der Waals surface area contributed by atoms with E-state index in [1.54, 1.807) is 0 Å². The summed E-state index contributed by atoms with van der Waals surface area (Å²) in [4.78, 5) is 4.27. The monoisotopic (exact) mass is 213 g/mol. The molecule has 3 nitrogen and oxygen atoms in total. The Bertz CT molecular complexity index is 463. The van der Waals surface area contributed by atoms with Gasteiger partial charge in [0.25, 0.3) is 0 Å². The van der Waals surface area contributed by atoms with Crippen LogP contribution in [0.5, 0.6) is 0 Å². The molecule has 2 rings (SSSR count). The third kappa shape index (κ3) is 2.63. The molecule has 82 valence electrons. The number of rotatable bonds is 3. The third-order valence-corrected chi connectivity index (χ3v) is 2.62. The minimum atomic E-state index is 0.916. The second-order valence-corrected chi connectivity index (χ2v) is 3.91. The smallest absolute Gasteiger partial charge is 0.0634 e. The van der Waals surface area contributed by atoms with E-state index in [0.29, 0.717) is 0 Å². The van der Waals surface area contributed by atoms with Crippen LogP contribution in [-0.2, 0) is 12.8 Å². The summed E-state index contributed by atoms with van der Waals surface area (Å²) in [7, 11) is 0. The SMILES string of the molecule is Cc1ccc(CCc2cccnc2C)nn1. The van der Waals surface area contributed by atoms with E-state index in [1.165, 1.54) is 5.56 Å². The maximum Gasteiger partial charge on any atom is 0.0634 e. The van der Waals surface area contributed by atoms with Crippen LogP contribution in [0.4, 0.5) is 0 Å². The molecule has 0 amide bonds. The van der Waals surface area contributed by atoms with Crippen LogP contribution in [-0.4, -0.2) is 15.2 Å². The molecule has 0 atom stereocenters. The van der Waals surface area contributed by atoms with Crippen molar-refractivity contribution in [3.05, 3.63) is 53.1 Å². The summed E-state index contributed by atoms with van der Waals surface area (Å²) >= 11 is 0. The fourth-order valence-corrected chi connectivity index (χ4v) is 1.60. The van der Waals surface area contributed by atoms with Crippen molar-refractivity contribution in [2.45, 2.75) is 26.7 Å². The molecule has 0 saturated carbocycles. The van der Waals surface area contributed by atoms with E-state index in [4.69, 9.17) is 0 Å². The zero-order chi connectivity index (χ0) is 11.4. The molecule has 2 aromatic rings. The van der Waals surface area contributed by atoms with Crippen LogP contribution >= 0.6 is 0 Å². The predicted molar refractivity (Wildman–Crippen MR) is 63.2 cm³/mol. The summed E-state index contributed by atoms with van der Waals surface area (Å²) in [5.74, 6) is 0. The van der Waals surface area contributed by atoms with E-state index in [2.05, 4.69) is 21.2 Å². The van der Waals surface area contributed by atoms with Crippen molar-refractivity contribution in [1.29, 1.82) is 0 Å². The van der Waals surface area contributed by atoms with E-state index in [1.807, 2.05) is 38.2 Å². The molecule has 0 saturated heterocycles. The van der Waals surface area contributed by atoms with Gasteiger partial charge in [-0.1, -0.05) is 6.07 Å². The number of pyridine rings is 1. The van der Waals surface area contributed by atoms with Gasteiger partial charge < -0.3 is 0 Å². The van der Waals surface area contributed by atoms with Crippen molar-refractivity contribution < 1.29 is 0 Å². The van der Waals surface area contributed by atoms with Gasteiger partial charge in [-0.3, -0.25) is 4.98 Å². The van der Waals surface area contributed by atoms with Crippen molar-refractivity contribution in [2.75, 3.05) is 0 Å². The highest BCUT2D eigenvalue weighted by Gasteiger charge is 2.00. The van der Waals surface area contributed by atoms with Crippen LogP contribution in [0.25, 0.3) is 0 Å². The maximum absolute atomic E-state index is 4.27. The van der Waals surface area contributed by atoms with Gasteiger partial charge in [-0.25, -0.2) is 0 Å². The lowest BCUT2D eigenvalue weighted by molar-refractivity contribution is 0.837. The van der Waals surface area contributed by atoms with Gasteiger partial charge in [0, 0.05) is 11.9 Å². The molecule has 0 spiro atoms. The van der Waals surface area contributed by atoms with Crippen molar-refractivity contribution in [3.8, 4) is 0 Å². The van der Waals surface area contributed by atoms with Gasteiger partial charge in [-0.05, 0) is 50.5 Å². The number of nitrogens with zero attached hydrogens (tertiary/aromatic N) is 3. The molecule has 0 aromatic carbocycles. The second kappa shape index (κ2) is 4.84. The zero-order valence-electron chi connectivity index (χ0n) is 9.64. The van der Waals surface area contributed by atoms with Crippen molar-refractivity contribution in [2.24, 2.45) is 0 Å². The molecular formula is C13H15N3. The van der Waals surface area contributed by atoms with Crippen LogP contribution in [0, 0.1) is 13.8 Å². The lowest BCUT2D eigenvalue weighted by Gasteiger charge is -2.03. The molecule has 2 aromatic heterocycles. The topological polar surface area (TPSA) is 38.7 Å². The van der Waals surface area contributed by atoms with Gasteiger partial charge in [-0.15, -0.1) is 0 Å². The van der Waals surface area contributed by atoms with E-state index in [9.17, 15) is 0 Å². The molecular weight excluding hydrogens is 198 g/mol. The highest BCUT2D eigenvalue weighted by Crippen LogP contribution is 2.07. The number of aromatic nitrogens is 3. The molecule has 0 aliphatic carbocycles. The van der Waals surface area contributed by atoms with E-state index in [0.717, 1.165) is 29.9 Å². The summed E-state index contributed by atoms with van der Waals surface area (Å²) in [5.41, 5.74) is 4.38. The Labute approximate surface area is 95.6 Å². The normalized spacial score (nSPS) is 10.4. The Morgan fingerprint density at radius 2 is 1.88 bits per heavy atom. The standard InChI is InChI=1S/C13H15N3/c1-10-5-7-13(16-15-10)8-6-12-4-3-9-14-11(12)2/h3-5,7,9H,6,8H2,1-2H3. The van der Waals surface area contributed by atoms with Crippen LogP contribution in [0.3, 0.4) is 0 Å².